The Labute approximate surface area is 186 Å². The van der Waals surface area contributed by atoms with Crippen LogP contribution in [0.4, 0.5) is 19.3 Å². The van der Waals surface area contributed by atoms with Crippen LogP contribution in [0.2, 0.25) is 0 Å². The Kier molecular flexibility index (Phi) is 5.53. The van der Waals surface area contributed by atoms with E-state index in [4.69, 9.17) is 0 Å². The van der Waals surface area contributed by atoms with Crippen LogP contribution in [0, 0.1) is 11.6 Å². The van der Waals surface area contributed by atoms with Crippen LogP contribution in [-0.2, 0) is 11.3 Å². The topological polar surface area (TPSA) is 52.7 Å². The van der Waals surface area contributed by atoms with E-state index < -0.39 is 23.6 Å². The van der Waals surface area contributed by atoms with E-state index in [0.29, 0.717) is 5.56 Å². The number of carbonyl (C=O) groups is 2. The number of benzene rings is 2. The van der Waals surface area contributed by atoms with Gasteiger partial charge in [-0.3, -0.25) is 9.69 Å². The molecule has 2 aliphatic rings. The molecule has 2 aromatic carbocycles. The molecule has 3 amide bonds. The van der Waals surface area contributed by atoms with Gasteiger partial charge in [0, 0.05) is 23.3 Å². The molecule has 1 unspecified atom stereocenters. The summed E-state index contributed by atoms with van der Waals surface area (Å²) in [6.07, 6.45) is 2.32. The van der Waals surface area contributed by atoms with E-state index in [1.165, 1.54) is 36.4 Å². The number of amides is 3. The van der Waals surface area contributed by atoms with Crippen molar-refractivity contribution < 1.29 is 18.4 Å². The van der Waals surface area contributed by atoms with E-state index in [2.05, 4.69) is 37.9 Å². The zero-order chi connectivity index (χ0) is 23.2. The minimum Gasteiger partial charge on any atom is -0.366 e. The predicted molar refractivity (Wildman–Crippen MR) is 120 cm³/mol. The number of hydrogen-bond acceptors (Lipinski definition) is 3. The summed E-state index contributed by atoms with van der Waals surface area (Å²) >= 11 is 0. The molecule has 168 valence electrons. The average Bonchev–Trinajstić information content (AvgIpc) is 2.98. The van der Waals surface area contributed by atoms with Crippen LogP contribution < -0.4 is 10.2 Å². The van der Waals surface area contributed by atoms with Crippen LogP contribution >= 0.6 is 0 Å². The molecular formula is C25H27F2N3O2. The molecule has 1 fully saturated rings. The van der Waals surface area contributed by atoms with E-state index in [-0.39, 0.29) is 29.3 Å². The smallest absolute Gasteiger partial charge is 0.329 e. The van der Waals surface area contributed by atoms with Gasteiger partial charge in [0.2, 0.25) is 0 Å². The number of rotatable bonds is 4. The van der Waals surface area contributed by atoms with Crippen LogP contribution in [0.15, 0.2) is 42.1 Å². The van der Waals surface area contributed by atoms with Crippen molar-refractivity contribution in [3.63, 3.8) is 0 Å². The average molecular weight is 440 g/mol. The third-order valence-electron chi connectivity index (χ3n) is 6.34. The number of urea groups is 1. The van der Waals surface area contributed by atoms with Gasteiger partial charge in [0.15, 0.2) is 0 Å². The van der Waals surface area contributed by atoms with E-state index >= 15 is 4.39 Å². The lowest BCUT2D eigenvalue weighted by Gasteiger charge is -2.47. The molecule has 2 aromatic rings. The summed E-state index contributed by atoms with van der Waals surface area (Å²) in [7, 11) is 0. The highest BCUT2D eigenvalue weighted by Gasteiger charge is 2.37. The Hall–Kier alpha value is -3.22. The number of nitrogens with one attached hydrogen (secondary N) is 1. The lowest BCUT2D eigenvalue weighted by Crippen LogP contribution is -2.48. The predicted octanol–water partition coefficient (Wildman–Crippen LogP) is 5.17. The Bertz CT molecular complexity index is 1110. The van der Waals surface area contributed by atoms with E-state index in [1.807, 2.05) is 0 Å². The zero-order valence-corrected chi connectivity index (χ0v) is 18.7. The van der Waals surface area contributed by atoms with Crippen molar-refractivity contribution in [2.75, 3.05) is 11.4 Å². The summed E-state index contributed by atoms with van der Waals surface area (Å²) in [6.45, 7) is 9.26. The molecule has 0 aliphatic carbocycles. The Morgan fingerprint density at radius 1 is 1.16 bits per heavy atom. The number of imide groups is 1. The molecule has 0 spiro atoms. The van der Waals surface area contributed by atoms with Crippen molar-refractivity contribution in [3.05, 3.63) is 70.4 Å². The van der Waals surface area contributed by atoms with Gasteiger partial charge in [-0.1, -0.05) is 19.1 Å². The molecule has 0 saturated carbocycles. The maximum Gasteiger partial charge on any atom is 0.329 e. The number of carbonyl (C=O) groups excluding carboxylic acids is 2. The monoisotopic (exact) mass is 439 g/mol. The molecule has 2 aliphatic heterocycles. The molecule has 0 bridgehead atoms. The van der Waals surface area contributed by atoms with Crippen LogP contribution in [0.25, 0.3) is 6.08 Å². The van der Waals surface area contributed by atoms with Crippen molar-refractivity contribution in [1.82, 2.24) is 10.2 Å². The van der Waals surface area contributed by atoms with Gasteiger partial charge >= 0.3 is 6.03 Å². The van der Waals surface area contributed by atoms with E-state index in [0.717, 1.165) is 29.1 Å². The SMILES string of the molecule is CCN1c2cc(F)c(/C=C3/NC(=O)N(Cc4ccc(F)cc4)C3=O)cc2C(C)CC1(C)C. The largest absolute Gasteiger partial charge is 0.366 e. The van der Waals surface area contributed by atoms with Gasteiger partial charge in [0.1, 0.15) is 17.3 Å². The third-order valence-corrected chi connectivity index (χ3v) is 6.34. The molecule has 32 heavy (non-hydrogen) atoms. The molecule has 4 rings (SSSR count). The molecule has 5 nitrogen and oxygen atoms in total. The summed E-state index contributed by atoms with van der Waals surface area (Å²) in [4.78, 5) is 28.4. The lowest BCUT2D eigenvalue weighted by atomic mass is 9.79. The number of anilines is 1. The molecule has 0 aromatic heterocycles. The number of nitrogens with zero attached hydrogens (tertiary/aromatic N) is 2. The normalized spacial score (nSPS) is 21.2. The third kappa shape index (κ3) is 3.87. The van der Waals surface area contributed by atoms with Gasteiger partial charge in [-0.15, -0.1) is 0 Å². The van der Waals surface area contributed by atoms with Crippen molar-refractivity contribution in [2.24, 2.45) is 0 Å². The molecule has 0 radical (unpaired) electrons. The quantitative estimate of drug-likeness (QED) is 0.528. The Balaban J connectivity index is 1.64. The highest BCUT2D eigenvalue weighted by molar-refractivity contribution is 6.13. The maximum atomic E-state index is 15.1. The Morgan fingerprint density at radius 2 is 1.84 bits per heavy atom. The standard InChI is InChI=1S/C25H27F2N3O2/c1-5-30-22-12-20(27)17(10-19(22)15(2)13-25(30,3)4)11-21-23(31)29(24(32)28-21)14-16-6-8-18(26)9-7-16/h6-12,15H,5,13-14H2,1-4H3,(H,28,32)/b21-11+. The highest BCUT2D eigenvalue weighted by Crippen LogP contribution is 2.44. The van der Waals surface area contributed by atoms with E-state index in [9.17, 15) is 14.0 Å². The summed E-state index contributed by atoms with van der Waals surface area (Å²) in [5, 5.41) is 2.53. The van der Waals surface area contributed by atoms with Gasteiger partial charge in [-0.2, -0.15) is 0 Å². The first-order chi connectivity index (χ1) is 15.1. The molecular weight excluding hydrogens is 412 g/mol. The second kappa shape index (κ2) is 8.04. The first-order valence-electron chi connectivity index (χ1n) is 10.8. The number of fused-ring (bicyclic) bond motifs is 1. The fraction of sp³-hybridized carbons (Fsp3) is 0.360. The van der Waals surface area contributed by atoms with Crippen LogP contribution in [0.1, 0.15) is 56.7 Å². The first kappa shape index (κ1) is 22.0. The fourth-order valence-corrected chi connectivity index (χ4v) is 4.87. The minimum absolute atomic E-state index is 0.00648. The summed E-state index contributed by atoms with van der Waals surface area (Å²) in [6, 6.07) is 8.30. The summed E-state index contributed by atoms with van der Waals surface area (Å²) < 4.78 is 28.2. The van der Waals surface area contributed by atoms with E-state index in [1.54, 1.807) is 6.07 Å². The minimum atomic E-state index is -0.587. The number of halogens is 2. The molecule has 2 heterocycles. The van der Waals surface area contributed by atoms with Gasteiger partial charge in [-0.05, 0) is 74.6 Å². The van der Waals surface area contributed by atoms with Gasteiger partial charge in [0.25, 0.3) is 5.91 Å². The van der Waals surface area contributed by atoms with Crippen LogP contribution in [-0.4, -0.2) is 28.9 Å². The summed E-state index contributed by atoms with van der Waals surface area (Å²) in [5.41, 5.74) is 2.72. The summed E-state index contributed by atoms with van der Waals surface area (Å²) in [5.74, 6) is -1.16. The van der Waals surface area contributed by atoms with Gasteiger partial charge in [0.05, 0.1) is 6.54 Å². The second-order valence-corrected chi connectivity index (χ2v) is 9.10. The number of hydrogen-bond donors (Lipinski definition) is 1. The Morgan fingerprint density at radius 3 is 2.50 bits per heavy atom. The molecule has 1 N–H and O–H groups in total. The van der Waals surface area contributed by atoms with Crippen LogP contribution in [0.5, 0.6) is 0 Å². The fourth-order valence-electron chi connectivity index (χ4n) is 4.87. The van der Waals surface area contributed by atoms with Crippen molar-refractivity contribution in [2.45, 2.75) is 52.1 Å². The second-order valence-electron chi connectivity index (χ2n) is 9.10. The maximum absolute atomic E-state index is 15.1. The van der Waals surface area contributed by atoms with Crippen molar-refractivity contribution >= 4 is 23.7 Å². The highest BCUT2D eigenvalue weighted by atomic mass is 19.1. The first-order valence-corrected chi connectivity index (χ1v) is 10.8. The van der Waals surface area contributed by atoms with Crippen LogP contribution in [0.3, 0.4) is 0 Å². The molecule has 1 saturated heterocycles. The zero-order valence-electron chi connectivity index (χ0n) is 18.7. The van der Waals surface area contributed by atoms with Crippen molar-refractivity contribution in [3.8, 4) is 0 Å². The molecule has 7 heteroatoms. The van der Waals surface area contributed by atoms with Gasteiger partial charge < -0.3 is 10.2 Å². The molecule has 1 atom stereocenters. The van der Waals surface area contributed by atoms with Crippen molar-refractivity contribution in [1.29, 1.82) is 0 Å². The van der Waals surface area contributed by atoms with Gasteiger partial charge in [-0.25, -0.2) is 13.6 Å². The lowest BCUT2D eigenvalue weighted by molar-refractivity contribution is -0.123.